The average molecular weight is 256 g/mol. The zero-order valence-corrected chi connectivity index (χ0v) is 10.5. The molecule has 0 amide bonds. The van der Waals surface area contributed by atoms with Crippen LogP contribution in [0.5, 0.6) is 0 Å². The summed E-state index contributed by atoms with van der Waals surface area (Å²) in [4.78, 5) is 1.78. The van der Waals surface area contributed by atoms with E-state index in [1.54, 1.807) is 11.9 Å². The predicted octanol–water partition coefficient (Wildman–Crippen LogP) is 1.78. The van der Waals surface area contributed by atoms with Gasteiger partial charge in [-0.05, 0) is 18.6 Å². The van der Waals surface area contributed by atoms with Crippen LogP contribution in [0.25, 0.3) is 0 Å². The molecule has 0 aromatic heterocycles. The number of ether oxygens (including phenoxy) is 1. The Bertz CT molecular complexity index is 395. The minimum Gasteiger partial charge on any atom is -0.376 e. The SMILES string of the molecule is CN(CCC1CNCCO1)c1ccc(F)cc1F. The second kappa shape index (κ2) is 6.11. The molecular weight excluding hydrogens is 238 g/mol. The summed E-state index contributed by atoms with van der Waals surface area (Å²) in [5, 5.41) is 3.25. The Morgan fingerprint density at radius 3 is 2.94 bits per heavy atom. The molecule has 1 fully saturated rings. The Balaban J connectivity index is 1.88. The molecule has 0 bridgehead atoms. The van der Waals surface area contributed by atoms with Crippen molar-refractivity contribution in [1.82, 2.24) is 5.32 Å². The van der Waals surface area contributed by atoms with Crippen LogP contribution in [0.4, 0.5) is 14.5 Å². The Kier molecular flexibility index (Phi) is 4.49. The first-order valence-electron chi connectivity index (χ1n) is 6.15. The number of halogens is 2. The largest absolute Gasteiger partial charge is 0.376 e. The zero-order valence-electron chi connectivity index (χ0n) is 10.5. The molecule has 3 nitrogen and oxygen atoms in total. The first kappa shape index (κ1) is 13.2. The molecule has 5 heteroatoms. The number of hydrogen-bond acceptors (Lipinski definition) is 3. The first-order valence-corrected chi connectivity index (χ1v) is 6.15. The van der Waals surface area contributed by atoms with Gasteiger partial charge < -0.3 is 15.0 Å². The maximum Gasteiger partial charge on any atom is 0.149 e. The van der Waals surface area contributed by atoms with Gasteiger partial charge in [0.25, 0.3) is 0 Å². The van der Waals surface area contributed by atoms with Crippen molar-refractivity contribution in [3.8, 4) is 0 Å². The van der Waals surface area contributed by atoms with Crippen molar-refractivity contribution >= 4 is 5.69 Å². The van der Waals surface area contributed by atoms with E-state index in [2.05, 4.69) is 5.32 Å². The molecule has 2 rings (SSSR count). The highest BCUT2D eigenvalue weighted by Gasteiger charge is 2.15. The van der Waals surface area contributed by atoms with E-state index in [1.165, 1.54) is 12.1 Å². The lowest BCUT2D eigenvalue weighted by atomic mass is 10.2. The second-order valence-corrected chi connectivity index (χ2v) is 4.50. The van der Waals surface area contributed by atoms with Crippen LogP contribution in [0.15, 0.2) is 18.2 Å². The van der Waals surface area contributed by atoms with Crippen molar-refractivity contribution < 1.29 is 13.5 Å². The average Bonchev–Trinajstić information content (AvgIpc) is 2.37. The molecule has 1 atom stereocenters. The van der Waals surface area contributed by atoms with Gasteiger partial charge in [-0.15, -0.1) is 0 Å². The molecule has 1 aromatic rings. The Hall–Kier alpha value is -1.20. The highest BCUT2D eigenvalue weighted by Crippen LogP contribution is 2.19. The maximum atomic E-state index is 13.5. The van der Waals surface area contributed by atoms with Crippen molar-refractivity contribution in [2.75, 3.05) is 38.2 Å². The number of nitrogens with one attached hydrogen (secondary N) is 1. The minimum absolute atomic E-state index is 0.171. The molecule has 1 unspecified atom stereocenters. The lowest BCUT2D eigenvalue weighted by molar-refractivity contribution is 0.0250. The van der Waals surface area contributed by atoms with Gasteiger partial charge in [0.15, 0.2) is 0 Å². The number of hydrogen-bond donors (Lipinski definition) is 1. The molecular formula is C13H18F2N2O. The van der Waals surface area contributed by atoms with Crippen molar-refractivity contribution in [3.63, 3.8) is 0 Å². The lowest BCUT2D eigenvalue weighted by Gasteiger charge is -2.27. The molecule has 1 N–H and O–H groups in total. The minimum atomic E-state index is -0.551. The van der Waals surface area contributed by atoms with E-state index in [0.717, 1.165) is 32.2 Å². The molecule has 18 heavy (non-hydrogen) atoms. The van der Waals surface area contributed by atoms with Crippen molar-refractivity contribution in [3.05, 3.63) is 29.8 Å². The Labute approximate surface area is 106 Å². The van der Waals surface area contributed by atoms with Gasteiger partial charge in [0, 0.05) is 32.7 Å². The number of morpholine rings is 1. The predicted molar refractivity (Wildman–Crippen MR) is 66.9 cm³/mol. The summed E-state index contributed by atoms with van der Waals surface area (Å²) >= 11 is 0. The van der Waals surface area contributed by atoms with Crippen LogP contribution in [0.2, 0.25) is 0 Å². The van der Waals surface area contributed by atoms with Crippen LogP contribution in [-0.4, -0.2) is 39.4 Å². The van der Waals surface area contributed by atoms with E-state index in [4.69, 9.17) is 4.74 Å². The Morgan fingerprint density at radius 1 is 1.44 bits per heavy atom. The maximum absolute atomic E-state index is 13.5. The van der Waals surface area contributed by atoms with Crippen LogP contribution in [-0.2, 0) is 4.74 Å². The molecule has 1 saturated heterocycles. The summed E-state index contributed by atoms with van der Waals surface area (Å²) in [6, 6.07) is 3.64. The zero-order chi connectivity index (χ0) is 13.0. The first-order chi connectivity index (χ1) is 8.66. The quantitative estimate of drug-likeness (QED) is 0.888. The van der Waals surface area contributed by atoms with Gasteiger partial charge in [-0.3, -0.25) is 0 Å². The van der Waals surface area contributed by atoms with Crippen LogP contribution < -0.4 is 10.2 Å². The van der Waals surface area contributed by atoms with Gasteiger partial charge >= 0.3 is 0 Å². The number of rotatable bonds is 4. The van der Waals surface area contributed by atoms with Gasteiger partial charge in [-0.2, -0.15) is 0 Å². The monoisotopic (exact) mass is 256 g/mol. The van der Waals surface area contributed by atoms with Crippen molar-refractivity contribution in [2.45, 2.75) is 12.5 Å². The fourth-order valence-electron chi connectivity index (χ4n) is 2.05. The molecule has 1 heterocycles. The second-order valence-electron chi connectivity index (χ2n) is 4.50. The van der Waals surface area contributed by atoms with Crippen molar-refractivity contribution in [1.29, 1.82) is 0 Å². The van der Waals surface area contributed by atoms with Gasteiger partial charge in [-0.1, -0.05) is 0 Å². The van der Waals surface area contributed by atoms with E-state index >= 15 is 0 Å². The van der Waals surface area contributed by atoms with E-state index in [-0.39, 0.29) is 6.10 Å². The van der Waals surface area contributed by atoms with E-state index < -0.39 is 11.6 Å². The normalized spacial score (nSPS) is 19.8. The lowest BCUT2D eigenvalue weighted by Crippen LogP contribution is -2.40. The third-order valence-corrected chi connectivity index (χ3v) is 3.11. The summed E-state index contributed by atoms with van der Waals surface area (Å²) in [5.41, 5.74) is 0.417. The number of nitrogens with zero attached hydrogens (tertiary/aromatic N) is 1. The molecule has 1 aliphatic rings. The number of anilines is 1. The molecule has 0 spiro atoms. The van der Waals surface area contributed by atoms with Crippen LogP contribution in [0.1, 0.15) is 6.42 Å². The van der Waals surface area contributed by atoms with Crippen LogP contribution >= 0.6 is 0 Å². The Morgan fingerprint density at radius 2 is 2.28 bits per heavy atom. The third-order valence-electron chi connectivity index (χ3n) is 3.11. The van der Waals surface area contributed by atoms with Gasteiger partial charge in [0.2, 0.25) is 0 Å². The summed E-state index contributed by atoms with van der Waals surface area (Å²) in [6.07, 6.45) is 0.991. The molecule has 0 aliphatic carbocycles. The van der Waals surface area contributed by atoms with Crippen LogP contribution in [0, 0.1) is 11.6 Å². The van der Waals surface area contributed by atoms with Gasteiger partial charge in [0.1, 0.15) is 11.6 Å². The third kappa shape index (κ3) is 3.40. The molecule has 0 saturated carbocycles. The van der Waals surface area contributed by atoms with Gasteiger partial charge in [0.05, 0.1) is 18.4 Å². The smallest absolute Gasteiger partial charge is 0.149 e. The van der Waals surface area contributed by atoms with E-state index in [1.807, 2.05) is 0 Å². The molecule has 0 radical (unpaired) electrons. The molecule has 1 aliphatic heterocycles. The standard InChI is InChI=1S/C13H18F2N2O/c1-17(6-4-11-9-16-5-7-18-11)13-3-2-10(14)8-12(13)15/h2-3,8,11,16H,4-7,9H2,1H3. The summed E-state index contributed by atoms with van der Waals surface area (Å²) < 4.78 is 31.9. The topological polar surface area (TPSA) is 24.5 Å². The summed E-state index contributed by atoms with van der Waals surface area (Å²) in [5.74, 6) is -1.08. The van der Waals surface area contributed by atoms with E-state index in [0.29, 0.717) is 12.2 Å². The molecule has 100 valence electrons. The highest BCUT2D eigenvalue weighted by molar-refractivity contribution is 5.46. The van der Waals surface area contributed by atoms with Crippen molar-refractivity contribution in [2.24, 2.45) is 0 Å². The highest BCUT2D eigenvalue weighted by atomic mass is 19.1. The van der Waals surface area contributed by atoms with E-state index in [9.17, 15) is 8.78 Å². The van der Waals surface area contributed by atoms with Gasteiger partial charge in [-0.25, -0.2) is 8.78 Å². The fourth-order valence-corrected chi connectivity index (χ4v) is 2.05. The summed E-state index contributed by atoms with van der Waals surface area (Å²) in [6.45, 7) is 3.12. The fraction of sp³-hybridized carbons (Fsp3) is 0.538. The summed E-state index contributed by atoms with van der Waals surface area (Å²) in [7, 11) is 1.80. The van der Waals surface area contributed by atoms with Crippen LogP contribution in [0.3, 0.4) is 0 Å². The molecule has 1 aromatic carbocycles. The number of benzene rings is 1.